The van der Waals surface area contributed by atoms with Crippen LogP contribution in [0.1, 0.15) is 21.5 Å². The first-order valence-corrected chi connectivity index (χ1v) is 8.78. The fourth-order valence-corrected chi connectivity index (χ4v) is 2.92. The zero-order valence-corrected chi connectivity index (χ0v) is 15.0. The number of carbonyl (C=O) groups is 2. The van der Waals surface area contributed by atoms with Gasteiger partial charge in [0.05, 0.1) is 13.2 Å². The van der Waals surface area contributed by atoms with Gasteiger partial charge in [-0.2, -0.15) is 0 Å². The summed E-state index contributed by atoms with van der Waals surface area (Å²) in [5.41, 5.74) is 4.46. The van der Waals surface area contributed by atoms with E-state index in [1.165, 1.54) is 0 Å². The average molecular weight is 369 g/mol. The molecule has 0 spiro atoms. The van der Waals surface area contributed by atoms with E-state index >= 15 is 0 Å². The van der Waals surface area contributed by atoms with Crippen LogP contribution in [0.5, 0.6) is 0 Å². The van der Waals surface area contributed by atoms with Gasteiger partial charge in [-0.1, -0.05) is 18.2 Å². The molecule has 0 atom stereocenters. The average Bonchev–Trinajstić information content (AvgIpc) is 2.74. The van der Waals surface area contributed by atoms with E-state index in [4.69, 9.17) is 10.6 Å². The minimum atomic E-state index is -0.349. The Morgan fingerprint density at radius 3 is 2.44 bits per heavy atom. The third-order valence-corrected chi connectivity index (χ3v) is 4.37. The molecule has 8 heteroatoms. The first-order chi connectivity index (χ1) is 13.2. The molecule has 1 aromatic heterocycles. The van der Waals surface area contributed by atoms with E-state index < -0.39 is 0 Å². The maximum Gasteiger partial charge on any atom is 0.320 e. The molecule has 0 bridgehead atoms. The maximum absolute atomic E-state index is 13.0. The van der Waals surface area contributed by atoms with Gasteiger partial charge in [0.15, 0.2) is 0 Å². The van der Waals surface area contributed by atoms with Crippen LogP contribution in [0.15, 0.2) is 48.8 Å². The molecule has 3 amide bonds. The largest absolute Gasteiger partial charge is 0.378 e. The first kappa shape index (κ1) is 18.8. The molecule has 0 saturated carbocycles. The van der Waals surface area contributed by atoms with Gasteiger partial charge in [0.25, 0.3) is 5.91 Å². The molecule has 2 aromatic rings. The number of morpholine rings is 1. The molecule has 3 N–H and O–H groups in total. The number of urea groups is 1. The highest BCUT2D eigenvalue weighted by atomic mass is 16.5. The molecule has 142 valence electrons. The van der Waals surface area contributed by atoms with Crippen LogP contribution in [0.4, 0.5) is 4.79 Å². The molecule has 1 fully saturated rings. The van der Waals surface area contributed by atoms with Crippen LogP contribution in [-0.4, -0.2) is 53.0 Å². The van der Waals surface area contributed by atoms with E-state index in [0.29, 0.717) is 45.0 Å². The molecule has 0 unspecified atom stereocenters. The summed E-state index contributed by atoms with van der Waals surface area (Å²) >= 11 is 0. The van der Waals surface area contributed by atoms with Gasteiger partial charge in [-0.25, -0.2) is 10.6 Å². The van der Waals surface area contributed by atoms with E-state index in [0.717, 1.165) is 11.1 Å². The topological polar surface area (TPSA) is 101 Å². The van der Waals surface area contributed by atoms with Crippen LogP contribution in [-0.2, 0) is 17.8 Å². The van der Waals surface area contributed by atoms with Crippen molar-refractivity contribution in [3.63, 3.8) is 0 Å². The summed E-state index contributed by atoms with van der Waals surface area (Å²) in [4.78, 5) is 32.3. The summed E-state index contributed by atoms with van der Waals surface area (Å²) in [6.45, 7) is 3.14. The number of nitrogens with one attached hydrogen (secondary N) is 1. The summed E-state index contributed by atoms with van der Waals surface area (Å²) in [6.07, 6.45) is 3.47. The number of nitrogens with zero attached hydrogens (tertiary/aromatic N) is 3. The minimum absolute atomic E-state index is 0.0362. The van der Waals surface area contributed by atoms with Crippen molar-refractivity contribution in [1.29, 1.82) is 0 Å². The number of pyridine rings is 1. The van der Waals surface area contributed by atoms with Gasteiger partial charge in [0.1, 0.15) is 0 Å². The van der Waals surface area contributed by atoms with Crippen LogP contribution < -0.4 is 11.3 Å². The summed E-state index contributed by atoms with van der Waals surface area (Å²) in [7, 11) is 0. The summed E-state index contributed by atoms with van der Waals surface area (Å²) in [6, 6.07) is 10.8. The Kier molecular flexibility index (Phi) is 6.35. The van der Waals surface area contributed by atoms with E-state index in [-0.39, 0.29) is 11.9 Å². The number of hydrogen-bond donors (Lipinski definition) is 2. The number of ether oxygens (including phenoxy) is 1. The van der Waals surface area contributed by atoms with E-state index in [1.54, 1.807) is 34.3 Å². The third-order valence-electron chi connectivity index (χ3n) is 4.37. The van der Waals surface area contributed by atoms with E-state index in [9.17, 15) is 9.59 Å². The molecule has 0 aliphatic carbocycles. The number of aromatic nitrogens is 1. The Bertz CT molecular complexity index is 761. The molecular weight excluding hydrogens is 346 g/mol. The van der Waals surface area contributed by atoms with Crippen molar-refractivity contribution in [3.8, 4) is 0 Å². The number of rotatable bonds is 5. The quantitative estimate of drug-likeness (QED) is 0.468. The lowest BCUT2D eigenvalue weighted by atomic mass is 10.1. The molecular formula is C19H23N5O3. The SMILES string of the molecule is NNC(=O)c1ccc(CN(Cc2cccnc2)C(=O)N2CCOCC2)cc1. The predicted molar refractivity (Wildman–Crippen MR) is 99.4 cm³/mol. The van der Waals surface area contributed by atoms with Crippen LogP contribution in [0, 0.1) is 0 Å². The molecule has 8 nitrogen and oxygen atoms in total. The van der Waals surface area contributed by atoms with E-state index in [2.05, 4.69) is 10.4 Å². The highest BCUT2D eigenvalue weighted by Crippen LogP contribution is 2.14. The number of carbonyl (C=O) groups excluding carboxylic acids is 2. The molecule has 27 heavy (non-hydrogen) atoms. The Labute approximate surface area is 157 Å². The number of amides is 3. The molecule has 1 aliphatic heterocycles. The molecule has 1 aromatic carbocycles. The smallest absolute Gasteiger partial charge is 0.320 e. The van der Waals surface area contributed by atoms with Crippen LogP contribution >= 0.6 is 0 Å². The monoisotopic (exact) mass is 369 g/mol. The van der Waals surface area contributed by atoms with Crippen molar-refractivity contribution in [2.24, 2.45) is 5.84 Å². The summed E-state index contributed by atoms with van der Waals surface area (Å²) < 4.78 is 5.34. The zero-order valence-electron chi connectivity index (χ0n) is 15.0. The number of nitrogen functional groups attached to an aromatic ring is 1. The normalized spacial score (nSPS) is 13.9. The Morgan fingerprint density at radius 2 is 1.81 bits per heavy atom. The van der Waals surface area contributed by atoms with Crippen molar-refractivity contribution in [2.75, 3.05) is 26.3 Å². The summed E-state index contributed by atoms with van der Waals surface area (Å²) in [5.74, 6) is 4.81. The fourth-order valence-electron chi connectivity index (χ4n) is 2.92. The molecule has 1 saturated heterocycles. The second-order valence-corrected chi connectivity index (χ2v) is 6.27. The summed E-state index contributed by atoms with van der Waals surface area (Å²) in [5, 5.41) is 0. The van der Waals surface area contributed by atoms with Crippen molar-refractivity contribution >= 4 is 11.9 Å². The number of hydrazine groups is 1. The van der Waals surface area contributed by atoms with Gasteiger partial charge in [-0.05, 0) is 29.3 Å². The van der Waals surface area contributed by atoms with Gasteiger partial charge in [-0.3, -0.25) is 15.2 Å². The molecule has 1 aliphatic rings. The highest BCUT2D eigenvalue weighted by Gasteiger charge is 2.23. The zero-order chi connectivity index (χ0) is 19.1. The van der Waals surface area contributed by atoms with Crippen molar-refractivity contribution in [2.45, 2.75) is 13.1 Å². The minimum Gasteiger partial charge on any atom is -0.378 e. The van der Waals surface area contributed by atoms with Crippen LogP contribution in [0.25, 0.3) is 0 Å². The maximum atomic E-state index is 13.0. The van der Waals surface area contributed by atoms with Crippen molar-refractivity contribution in [1.82, 2.24) is 20.2 Å². The Balaban J connectivity index is 1.76. The fraction of sp³-hybridized carbons (Fsp3) is 0.316. The molecule has 2 heterocycles. The highest BCUT2D eigenvalue weighted by molar-refractivity contribution is 5.93. The lowest BCUT2D eigenvalue weighted by molar-refractivity contribution is 0.0418. The molecule has 3 rings (SSSR count). The predicted octanol–water partition coefficient (Wildman–Crippen LogP) is 1.14. The second kappa shape index (κ2) is 9.11. The van der Waals surface area contributed by atoms with Gasteiger partial charge in [0, 0.05) is 44.1 Å². The number of nitrogens with two attached hydrogens (primary N) is 1. The molecule has 0 radical (unpaired) electrons. The lowest BCUT2D eigenvalue weighted by Gasteiger charge is -2.33. The van der Waals surface area contributed by atoms with Crippen molar-refractivity contribution < 1.29 is 14.3 Å². The second-order valence-electron chi connectivity index (χ2n) is 6.27. The van der Waals surface area contributed by atoms with Crippen LogP contribution in [0.3, 0.4) is 0 Å². The van der Waals surface area contributed by atoms with Gasteiger partial charge in [0.2, 0.25) is 0 Å². The Morgan fingerprint density at radius 1 is 1.11 bits per heavy atom. The standard InChI is InChI=1S/C19H23N5O3/c20-22-18(25)17-5-3-15(4-6-17)13-24(14-16-2-1-7-21-12-16)19(26)23-8-10-27-11-9-23/h1-7,12H,8-11,13-14,20H2,(H,22,25). The van der Waals surface area contributed by atoms with Crippen LogP contribution in [0.2, 0.25) is 0 Å². The van der Waals surface area contributed by atoms with E-state index in [1.807, 2.05) is 24.3 Å². The van der Waals surface area contributed by atoms with Gasteiger partial charge >= 0.3 is 6.03 Å². The first-order valence-electron chi connectivity index (χ1n) is 8.78. The van der Waals surface area contributed by atoms with Crippen molar-refractivity contribution in [3.05, 3.63) is 65.5 Å². The number of benzene rings is 1. The van der Waals surface area contributed by atoms with Gasteiger partial charge in [-0.15, -0.1) is 0 Å². The van der Waals surface area contributed by atoms with Gasteiger partial charge < -0.3 is 14.5 Å². The number of hydrogen-bond acceptors (Lipinski definition) is 5. The Hall–Kier alpha value is -2.97. The third kappa shape index (κ3) is 5.02. The lowest BCUT2D eigenvalue weighted by Crippen LogP contribution is -2.47.